The van der Waals surface area contributed by atoms with Crippen molar-refractivity contribution in [1.29, 1.82) is 0 Å². The average molecular weight is 721 g/mol. The van der Waals surface area contributed by atoms with E-state index in [0.29, 0.717) is 24.2 Å². The summed E-state index contributed by atoms with van der Waals surface area (Å²) in [6, 6.07) is 0.393. The van der Waals surface area contributed by atoms with Crippen LogP contribution in [-0.4, -0.2) is 69.0 Å². The summed E-state index contributed by atoms with van der Waals surface area (Å²) in [4.78, 5) is 68.9. The number of fused-ring (bicyclic) bond motifs is 10. The quantitative estimate of drug-likeness (QED) is 0.201. The second-order valence-electron chi connectivity index (χ2n) is 18.8. The highest BCUT2D eigenvalue weighted by Gasteiger charge is 2.57. The normalized spacial score (nSPS) is 44.8. The van der Waals surface area contributed by atoms with Crippen molar-refractivity contribution >= 4 is 35.1 Å². The third-order valence-electron chi connectivity index (χ3n) is 15.8. The van der Waals surface area contributed by atoms with Gasteiger partial charge in [-0.25, -0.2) is 0 Å². The molecule has 9 rings (SSSR count). The van der Waals surface area contributed by atoms with Gasteiger partial charge in [-0.05, 0) is 145 Å². The first-order valence-corrected chi connectivity index (χ1v) is 21.6. The Morgan fingerprint density at radius 3 is 1.92 bits per heavy atom. The van der Waals surface area contributed by atoms with E-state index in [1.165, 1.54) is 19.3 Å². The molecule has 0 radical (unpaired) electrons. The minimum absolute atomic E-state index is 0.0397. The maximum atomic E-state index is 14.0. The van der Waals surface area contributed by atoms with Crippen LogP contribution in [0.25, 0.3) is 0 Å². The van der Waals surface area contributed by atoms with Crippen LogP contribution in [0.3, 0.4) is 0 Å². The highest BCUT2D eigenvalue weighted by molar-refractivity contribution is 6.10. The minimum Gasteiger partial charge on any atom is -0.295 e. The zero-order chi connectivity index (χ0) is 36.5. The van der Waals surface area contributed by atoms with E-state index in [4.69, 9.17) is 9.98 Å². The fourth-order valence-corrected chi connectivity index (χ4v) is 12.6. The highest BCUT2D eigenvalue weighted by Crippen LogP contribution is 2.50. The Bertz CT molecular complexity index is 1670. The van der Waals surface area contributed by atoms with Crippen molar-refractivity contribution in [2.45, 2.75) is 141 Å². The number of aliphatic imine (C=N–C) groups is 2. The molecular weight excluding hydrogens is 661 g/mol. The Labute approximate surface area is 316 Å². The molecule has 2 saturated heterocycles. The summed E-state index contributed by atoms with van der Waals surface area (Å²) in [7, 11) is 0. The van der Waals surface area contributed by atoms with Gasteiger partial charge in [-0.15, -0.1) is 0 Å². The van der Waals surface area contributed by atoms with E-state index in [1.807, 2.05) is 17.1 Å². The monoisotopic (exact) mass is 720 g/mol. The van der Waals surface area contributed by atoms with Gasteiger partial charge in [-0.1, -0.05) is 38.2 Å². The van der Waals surface area contributed by atoms with Crippen molar-refractivity contribution in [3.05, 3.63) is 36.5 Å². The van der Waals surface area contributed by atoms with Gasteiger partial charge in [0.25, 0.3) is 0 Å². The second kappa shape index (κ2) is 14.2. The van der Waals surface area contributed by atoms with E-state index in [9.17, 15) is 19.2 Å². The number of ketones is 2. The topological polar surface area (TPSA) is 99.5 Å². The predicted molar refractivity (Wildman–Crippen MR) is 206 cm³/mol. The van der Waals surface area contributed by atoms with Gasteiger partial charge in [-0.3, -0.25) is 39.0 Å². The molecule has 8 nitrogen and oxygen atoms in total. The van der Waals surface area contributed by atoms with Crippen molar-refractivity contribution in [3.8, 4) is 0 Å². The Balaban J connectivity index is 0.794. The summed E-state index contributed by atoms with van der Waals surface area (Å²) in [5.74, 6) is 5.88. The van der Waals surface area contributed by atoms with E-state index in [-0.39, 0.29) is 89.0 Å². The maximum Gasteiger partial charge on any atom is 0.232 e. The Hall–Kier alpha value is -3.16. The number of amidine groups is 2. The molecule has 4 aliphatic heterocycles. The molecule has 0 aromatic carbocycles. The molecule has 0 N–H and O–H groups in total. The molecule has 53 heavy (non-hydrogen) atoms. The molecule has 5 saturated carbocycles. The number of nitrogens with zero attached hydrogens (tertiary/aromatic N) is 4. The lowest BCUT2D eigenvalue weighted by Gasteiger charge is -2.34. The van der Waals surface area contributed by atoms with Gasteiger partial charge in [0.15, 0.2) is 11.6 Å². The fraction of sp³-hybridized carbons (Fsp3) is 0.733. The van der Waals surface area contributed by atoms with Gasteiger partial charge in [0.05, 0.1) is 24.2 Å². The number of allylic oxidation sites excluding steroid dienone is 6. The van der Waals surface area contributed by atoms with Crippen LogP contribution in [0.15, 0.2) is 46.4 Å². The zero-order valence-corrected chi connectivity index (χ0v) is 32.2. The van der Waals surface area contributed by atoms with Gasteiger partial charge in [0.1, 0.15) is 11.7 Å². The first-order chi connectivity index (χ1) is 25.7. The second-order valence-corrected chi connectivity index (χ2v) is 18.8. The van der Waals surface area contributed by atoms with Crippen LogP contribution in [-0.2, 0) is 19.2 Å². The summed E-state index contributed by atoms with van der Waals surface area (Å²) in [6.45, 7) is 6.75. The zero-order valence-electron chi connectivity index (χ0n) is 32.2. The maximum absolute atomic E-state index is 14.0. The van der Waals surface area contributed by atoms with Crippen molar-refractivity contribution in [2.24, 2.45) is 75.1 Å². The van der Waals surface area contributed by atoms with Crippen LogP contribution in [0.4, 0.5) is 0 Å². The van der Waals surface area contributed by atoms with Crippen molar-refractivity contribution in [3.63, 3.8) is 0 Å². The van der Waals surface area contributed by atoms with Crippen molar-refractivity contribution in [2.75, 3.05) is 0 Å². The summed E-state index contributed by atoms with van der Waals surface area (Å²) in [5, 5.41) is 0. The fourth-order valence-electron chi connectivity index (χ4n) is 12.6. The van der Waals surface area contributed by atoms with E-state index in [0.717, 1.165) is 88.2 Å². The largest absolute Gasteiger partial charge is 0.295 e. The van der Waals surface area contributed by atoms with Crippen LogP contribution in [0, 0.1) is 65.1 Å². The highest BCUT2D eigenvalue weighted by atomic mass is 16.2. The lowest BCUT2D eigenvalue weighted by Crippen LogP contribution is -2.45. The molecule has 15 unspecified atom stereocenters. The Kier molecular flexibility index (Phi) is 9.50. The molecule has 9 aliphatic rings. The average Bonchev–Trinajstić information content (AvgIpc) is 3.88. The van der Waals surface area contributed by atoms with Gasteiger partial charge >= 0.3 is 0 Å². The van der Waals surface area contributed by atoms with Crippen molar-refractivity contribution in [1.82, 2.24) is 9.80 Å². The summed E-state index contributed by atoms with van der Waals surface area (Å²) in [5.41, 5.74) is 0. The molecule has 15 atom stereocenters. The Morgan fingerprint density at radius 2 is 1.15 bits per heavy atom. The minimum atomic E-state index is -0.127. The lowest BCUT2D eigenvalue weighted by atomic mass is 9.73. The van der Waals surface area contributed by atoms with Crippen LogP contribution in [0.5, 0.6) is 0 Å². The molecule has 0 aromatic heterocycles. The molecule has 8 heteroatoms. The third kappa shape index (κ3) is 6.26. The number of carbonyl (C=O) groups is 4. The van der Waals surface area contributed by atoms with Crippen LogP contribution < -0.4 is 0 Å². The molecular formula is C45H60N4O4. The lowest BCUT2D eigenvalue weighted by molar-refractivity contribution is -0.134. The van der Waals surface area contributed by atoms with E-state index in [2.05, 4.69) is 50.0 Å². The number of hydrogen-bond acceptors (Lipinski definition) is 6. The SMILES string of the molecule is CC=CC1CCC2C(=O)N3C(=NC4CC(C(=O)C=CC5CCC6N=C7C8CCC(C(=O)C=CC9CCC(C)C(C)C9)CC8C(=O)N7C6C5)CCC43)C2C1. The van der Waals surface area contributed by atoms with Crippen LogP contribution in [0.2, 0.25) is 0 Å². The first-order valence-electron chi connectivity index (χ1n) is 21.6. The van der Waals surface area contributed by atoms with E-state index < -0.39 is 0 Å². The molecule has 0 bridgehead atoms. The van der Waals surface area contributed by atoms with Crippen LogP contribution >= 0.6 is 0 Å². The van der Waals surface area contributed by atoms with E-state index >= 15 is 0 Å². The molecule has 0 aromatic rings. The smallest absolute Gasteiger partial charge is 0.232 e. The van der Waals surface area contributed by atoms with Crippen LogP contribution in [0.1, 0.15) is 117 Å². The molecule has 7 fully saturated rings. The Morgan fingerprint density at radius 1 is 0.547 bits per heavy atom. The summed E-state index contributed by atoms with van der Waals surface area (Å²) >= 11 is 0. The molecule has 5 aliphatic carbocycles. The standard InChI is InChI=1S/C45H60N4O4/c1-4-5-27-8-14-33-34(21-27)43-47-37-24-31(13-17-38(37)48(43)44(33)52)41(51)19-11-29-9-16-36-39(22-29)49-42(46-36)32-15-12-30(23-35(32)45(49)53)40(50)18-10-28-7-6-25(2)26(3)20-28/h4-5,10-11,18-19,25-39H,6-9,12-17,20-24H2,1-3H3. The van der Waals surface area contributed by atoms with E-state index in [1.54, 1.807) is 0 Å². The molecule has 4 heterocycles. The summed E-state index contributed by atoms with van der Waals surface area (Å²) in [6.07, 6.45) is 26.5. The first kappa shape index (κ1) is 35.5. The number of amides is 2. The van der Waals surface area contributed by atoms with Gasteiger partial charge in [0, 0.05) is 35.5 Å². The van der Waals surface area contributed by atoms with Crippen molar-refractivity contribution < 1.29 is 19.2 Å². The van der Waals surface area contributed by atoms with Gasteiger partial charge in [0.2, 0.25) is 11.8 Å². The molecule has 284 valence electrons. The van der Waals surface area contributed by atoms with Gasteiger partial charge < -0.3 is 0 Å². The number of hydrogen-bond donors (Lipinski definition) is 0. The number of rotatable bonds is 7. The third-order valence-corrected chi connectivity index (χ3v) is 15.8. The predicted octanol–water partition coefficient (Wildman–Crippen LogP) is 7.53. The summed E-state index contributed by atoms with van der Waals surface area (Å²) < 4.78 is 0. The van der Waals surface area contributed by atoms with Gasteiger partial charge in [-0.2, -0.15) is 0 Å². The molecule has 2 amide bonds. The molecule has 0 spiro atoms. The number of carbonyl (C=O) groups excluding carboxylic acids is 4.